The molecule has 2 rings (SSSR count). The molecule has 2 fully saturated rings. The molecule has 0 radical (unpaired) electrons. The Hall–Kier alpha value is -2.84. The van der Waals surface area contributed by atoms with Crippen molar-refractivity contribution in [3.8, 4) is 6.07 Å². The third-order valence-electron chi connectivity index (χ3n) is 6.19. The molecule has 0 aromatic heterocycles. The van der Waals surface area contributed by atoms with Gasteiger partial charge in [0, 0.05) is 19.6 Å². The first kappa shape index (κ1) is 26.4. The van der Waals surface area contributed by atoms with E-state index in [2.05, 4.69) is 11.4 Å². The van der Waals surface area contributed by atoms with Gasteiger partial charge in [0.25, 0.3) is 0 Å². The second-order valence-corrected chi connectivity index (χ2v) is 9.46. The number of carbonyl (C=O) groups is 4. The van der Waals surface area contributed by atoms with Crippen LogP contribution in [0, 0.1) is 22.7 Å². The molecule has 12 heteroatoms. The van der Waals surface area contributed by atoms with Gasteiger partial charge in [-0.05, 0) is 39.0 Å². The lowest BCUT2D eigenvalue weighted by Gasteiger charge is -2.34. The van der Waals surface area contributed by atoms with Crippen molar-refractivity contribution >= 4 is 23.6 Å². The van der Waals surface area contributed by atoms with E-state index in [-0.39, 0.29) is 37.3 Å². The lowest BCUT2D eigenvalue weighted by molar-refractivity contribution is -0.175. The Morgan fingerprint density at radius 1 is 1.30 bits per heavy atom. The Bertz CT molecular complexity index is 856. The number of nitriles is 1. The standard InChI is InChI=1S/C21H30F3N5O4/c1-11(2)6-15(28(5)16(30)13(4)27-19(33)21(22,23)24)17(31)29-10-20(8-14(29)9-25)7-12(3)26-18(20)32/h11-15H,6-8,10H2,1-5H3,(H,26,32)(H,27,33)/t12?,13?,14-,15?,20-/m0/s1. The van der Waals surface area contributed by atoms with Gasteiger partial charge in [-0.1, -0.05) is 13.8 Å². The predicted molar refractivity (Wildman–Crippen MR) is 110 cm³/mol. The van der Waals surface area contributed by atoms with Gasteiger partial charge in [0.1, 0.15) is 18.1 Å². The molecule has 2 aliphatic rings. The minimum absolute atomic E-state index is 0.0250. The number of halogens is 3. The Morgan fingerprint density at radius 3 is 2.36 bits per heavy atom. The van der Waals surface area contributed by atoms with Crippen LogP contribution in [0.2, 0.25) is 0 Å². The van der Waals surface area contributed by atoms with Crippen molar-refractivity contribution in [1.82, 2.24) is 20.4 Å². The van der Waals surface area contributed by atoms with E-state index >= 15 is 0 Å². The summed E-state index contributed by atoms with van der Waals surface area (Å²) in [7, 11) is 1.28. The number of alkyl halides is 3. The number of likely N-dealkylation sites (tertiary alicyclic amines) is 1. The lowest BCUT2D eigenvalue weighted by Crippen LogP contribution is -2.56. The molecule has 33 heavy (non-hydrogen) atoms. The molecule has 2 heterocycles. The van der Waals surface area contributed by atoms with E-state index in [1.165, 1.54) is 11.9 Å². The molecule has 5 atom stereocenters. The number of nitrogens with zero attached hydrogens (tertiary/aromatic N) is 3. The molecule has 0 aliphatic carbocycles. The quantitative estimate of drug-likeness (QED) is 0.595. The van der Waals surface area contributed by atoms with Gasteiger partial charge in [-0.15, -0.1) is 0 Å². The molecule has 0 bridgehead atoms. The van der Waals surface area contributed by atoms with Crippen LogP contribution in [0.25, 0.3) is 0 Å². The Kier molecular flexibility index (Phi) is 7.66. The van der Waals surface area contributed by atoms with Crippen LogP contribution in [0.1, 0.15) is 47.0 Å². The molecule has 0 saturated carbocycles. The maximum Gasteiger partial charge on any atom is 0.471 e. The molecule has 4 amide bonds. The first-order valence-corrected chi connectivity index (χ1v) is 10.8. The van der Waals surface area contributed by atoms with Gasteiger partial charge in [0.05, 0.1) is 11.5 Å². The molecule has 9 nitrogen and oxygen atoms in total. The number of rotatable bonds is 6. The van der Waals surface area contributed by atoms with Gasteiger partial charge in [-0.2, -0.15) is 18.4 Å². The van der Waals surface area contributed by atoms with Crippen molar-refractivity contribution in [2.24, 2.45) is 11.3 Å². The molecule has 0 aromatic rings. The van der Waals surface area contributed by atoms with Crippen molar-refractivity contribution in [3.05, 3.63) is 0 Å². The van der Waals surface area contributed by atoms with Gasteiger partial charge in [0.15, 0.2) is 0 Å². The molecule has 0 aromatic carbocycles. The summed E-state index contributed by atoms with van der Waals surface area (Å²) >= 11 is 0. The average Bonchev–Trinajstić information content (AvgIpc) is 3.21. The summed E-state index contributed by atoms with van der Waals surface area (Å²) < 4.78 is 37.7. The monoisotopic (exact) mass is 473 g/mol. The van der Waals surface area contributed by atoms with E-state index in [4.69, 9.17) is 0 Å². The highest BCUT2D eigenvalue weighted by molar-refractivity contribution is 5.94. The number of hydrogen-bond acceptors (Lipinski definition) is 5. The molecule has 2 saturated heterocycles. The van der Waals surface area contributed by atoms with Gasteiger partial charge in [-0.3, -0.25) is 19.2 Å². The van der Waals surface area contributed by atoms with Crippen LogP contribution in [0.3, 0.4) is 0 Å². The summed E-state index contributed by atoms with van der Waals surface area (Å²) in [5, 5.41) is 14.1. The second-order valence-electron chi connectivity index (χ2n) is 9.46. The van der Waals surface area contributed by atoms with Gasteiger partial charge < -0.3 is 20.4 Å². The Morgan fingerprint density at radius 2 is 1.91 bits per heavy atom. The van der Waals surface area contributed by atoms with Crippen molar-refractivity contribution in [1.29, 1.82) is 5.26 Å². The summed E-state index contributed by atoms with van der Waals surface area (Å²) in [4.78, 5) is 52.4. The largest absolute Gasteiger partial charge is 0.471 e. The zero-order valence-corrected chi connectivity index (χ0v) is 19.3. The van der Waals surface area contributed by atoms with E-state index in [1.807, 2.05) is 20.8 Å². The zero-order chi connectivity index (χ0) is 25.3. The normalized spacial score (nSPS) is 26.7. The van der Waals surface area contributed by atoms with Gasteiger partial charge >= 0.3 is 12.1 Å². The molecule has 2 aliphatic heterocycles. The van der Waals surface area contributed by atoms with Crippen LogP contribution in [-0.4, -0.2) is 77.4 Å². The fourth-order valence-corrected chi connectivity index (χ4v) is 4.61. The second kappa shape index (κ2) is 9.57. The van der Waals surface area contributed by atoms with Crippen LogP contribution in [0.4, 0.5) is 13.2 Å². The fourth-order valence-electron chi connectivity index (χ4n) is 4.61. The van der Waals surface area contributed by atoms with E-state index in [0.29, 0.717) is 6.42 Å². The molecular weight excluding hydrogens is 443 g/mol. The van der Waals surface area contributed by atoms with E-state index < -0.39 is 47.4 Å². The molecule has 2 N–H and O–H groups in total. The molecule has 3 unspecified atom stereocenters. The lowest BCUT2D eigenvalue weighted by atomic mass is 9.83. The van der Waals surface area contributed by atoms with Crippen molar-refractivity contribution in [3.63, 3.8) is 0 Å². The SMILES string of the molecule is CC(C)CC(C(=O)N1C[C@]2(CC(C)NC2=O)C[C@H]1C#N)N(C)C(=O)C(C)NC(=O)C(F)(F)F. The third-order valence-corrected chi connectivity index (χ3v) is 6.19. The van der Waals surface area contributed by atoms with Crippen LogP contribution >= 0.6 is 0 Å². The van der Waals surface area contributed by atoms with E-state index in [1.54, 1.807) is 5.32 Å². The summed E-state index contributed by atoms with van der Waals surface area (Å²) in [6.45, 7) is 6.59. The summed E-state index contributed by atoms with van der Waals surface area (Å²) in [5.74, 6) is -3.97. The Labute approximate surface area is 190 Å². The van der Waals surface area contributed by atoms with Crippen molar-refractivity contribution in [2.75, 3.05) is 13.6 Å². The van der Waals surface area contributed by atoms with Crippen LogP contribution in [0.5, 0.6) is 0 Å². The third kappa shape index (κ3) is 5.57. The summed E-state index contributed by atoms with van der Waals surface area (Å²) in [6, 6.07) is -1.50. The highest BCUT2D eigenvalue weighted by Gasteiger charge is 2.55. The molecular formula is C21H30F3N5O4. The number of likely N-dealkylation sites (N-methyl/N-ethyl adjacent to an activating group) is 1. The van der Waals surface area contributed by atoms with Crippen molar-refractivity contribution in [2.45, 2.75) is 77.3 Å². The molecule has 1 spiro atoms. The van der Waals surface area contributed by atoms with Gasteiger partial charge in [-0.25, -0.2) is 0 Å². The highest BCUT2D eigenvalue weighted by atomic mass is 19.4. The smallest absolute Gasteiger partial charge is 0.353 e. The first-order chi connectivity index (χ1) is 15.1. The van der Waals surface area contributed by atoms with Crippen LogP contribution in [-0.2, 0) is 19.2 Å². The Balaban J connectivity index is 2.25. The number of hydrogen-bond donors (Lipinski definition) is 2. The molecule has 184 valence electrons. The fraction of sp³-hybridized carbons (Fsp3) is 0.762. The minimum Gasteiger partial charge on any atom is -0.353 e. The van der Waals surface area contributed by atoms with Crippen LogP contribution in [0.15, 0.2) is 0 Å². The summed E-state index contributed by atoms with van der Waals surface area (Å²) in [6.07, 6.45) is -4.32. The summed E-state index contributed by atoms with van der Waals surface area (Å²) in [5.41, 5.74) is -0.881. The number of carbonyl (C=O) groups excluding carboxylic acids is 4. The zero-order valence-electron chi connectivity index (χ0n) is 19.3. The number of nitrogens with one attached hydrogen (secondary N) is 2. The van der Waals surface area contributed by atoms with E-state index in [9.17, 15) is 37.6 Å². The number of amides is 4. The predicted octanol–water partition coefficient (Wildman–Crippen LogP) is 0.946. The van der Waals surface area contributed by atoms with Gasteiger partial charge in [0.2, 0.25) is 17.7 Å². The maximum atomic E-state index is 13.5. The van der Waals surface area contributed by atoms with Crippen molar-refractivity contribution < 1.29 is 32.3 Å². The van der Waals surface area contributed by atoms with Crippen LogP contribution < -0.4 is 10.6 Å². The first-order valence-electron chi connectivity index (χ1n) is 10.8. The maximum absolute atomic E-state index is 13.5. The average molecular weight is 473 g/mol. The minimum atomic E-state index is -5.15. The topological polar surface area (TPSA) is 123 Å². The highest BCUT2D eigenvalue weighted by Crippen LogP contribution is 2.43. The van der Waals surface area contributed by atoms with E-state index in [0.717, 1.165) is 11.8 Å².